The standard InChI is InChI=1S/C20H27N3O5S3/c1-14(2)22-30(25,26)18-9-7-17(8-10-18)21-20(24)16-5-4-12-23(13-16)31(27,28)19-11-6-15(3)29-19/h6-11,14,16,22H,4-5,12-13H2,1-3H3,(H,21,24). The van der Waals surface area contributed by atoms with Crippen LogP contribution in [0.1, 0.15) is 31.6 Å². The van der Waals surface area contributed by atoms with Gasteiger partial charge in [0, 0.05) is 29.7 Å². The second-order valence-electron chi connectivity index (χ2n) is 7.86. The van der Waals surface area contributed by atoms with Crippen molar-refractivity contribution in [2.24, 2.45) is 5.92 Å². The molecule has 2 heterocycles. The number of hydrogen-bond donors (Lipinski definition) is 2. The van der Waals surface area contributed by atoms with Crippen LogP contribution in [0.2, 0.25) is 0 Å². The summed E-state index contributed by atoms with van der Waals surface area (Å²) in [4.78, 5) is 13.8. The molecule has 1 atom stereocenters. The molecule has 3 rings (SSSR count). The fraction of sp³-hybridized carbons (Fsp3) is 0.450. The number of hydrogen-bond acceptors (Lipinski definition) is 6. The third-order valence-corrected chi connectivity index (χ3v) is 9.90. The number of aryl methyl sites for hydroxylation is 1. The molecule has 31 heavy (non-hydrogen) atoms. The summed E-state index contributed by atoms with van der Waals surface area (Å²) in [6.07, 6.45) is 1.19. The minimum absolute atomic E-state index is 0.111. The van der Waals surface area contributed by atoms with Gasteiger partial charge in [0.05, 0.1) is 10.8 Å². The summed E-state index contributed by atoms with van der Waals surface area (Å²) in [6.45, 7) is 5.83. The van der Waals surface area contributed by atoms with E-state index >= 15 is 0 Å². The highest BCUT2D eigenvalue weighted by molar-refractivity contribution is 7.91. The molecule has 1 amide bonds. The Labute approximate surface area is 187 Å². The monoisotopic (exact) mass is 485 g/mol. The van der Waals surface area contributed by atoms with Crippen molar-refractivity contribution in [2.75, 3.05) is 18.4 Å². The Kier molecular flexibility index (Phi) is 7.21. The van der Waals surface area contributed by atoms with Crippen molar-refractivity contribution in [2.45, 2.75) is 48.8 Å². The lowest BCUT2D eigenvalue weighted by Crippen LogP contribution is -2.43. The topological polar surface area (TPSA) is 113 Å². The van der Waals surface area contributed by atoms with Crippen LogP contribution in [-0.4, -0.2) is 46.2 Å². The Bertz CT molecular complexity index is 1140. The lowest BCUT2D eigenvalue weighted by Gasteiger charge is -2.30. The van der Waals surface area contributed by atoms with Crippen molar-refractivity contribution >= 4 is 43.0 Å². The Morgan fingerprint density at radius 3 is 2.35 bits per heavy atom. The molecule has 1 saturated heterocycles. The predicted octanol–water partition coefficient (Wildman–Crippen LogP) is 2.78. The van der Waals surface area contributed by atoms with Gasteiger partial charge in [0.15, 0.2) is 0 Å². The first-order valence-corrected chi connectivity index (χ1v) is 13.7. The summed E-state index contributed by atoms with van der Waals surface area (Å²) in [6, 6.07) is 9.05. The van der Waals surface area contributed by atoms with E-state index in [1.165, 1.54) is 39.9 Å². The Hall–Kier alpha value is -1.79. The number of benzene rings is 1. The van der Waals surface area contributed by atoms with Crippen LogP contribution in [0.25, 0.3) is 0 Å². The summed E-state index contributed by atoms with van der Waals surface area (Å²) in [5, 5.41) is 2.77. The van der Waals surface area contributed by atoms with Crippen molar-refractivity contribution < 1.29 is 21.6 Å². The lowest BCUT2D eigenvalue weighted by atomic mass is 9.99. The van der Waals surface area contributed by atoms with Crippen LogP contribution in [0.4, 0.5) is 5.69 Å². The van der Waals surface area contributed by atoms with E-state index in [0.29, 0.717) is 25.1 Å². The van der Waals surface area contributed by atoms with Gasteiger partial charge in [-0.1, -0.05) is 0 Å². The zero-order valence-electron chi connectivity index (χ0n) is 17.7. The van der Waals surface area contributed by atoms with E-state index in [1.807, 2.05) is 6.92 Å². The largest absolute Gasteiger partial charge is 0.326 e. The molecule has 0 saturated carbocycles. The highest BCUT2D eigenvalue weighted by atomic mass is 32.2. The normalized spacial score (nSPS) is 18.3. The maximum atomic E-state index is 12.9. The van der Waals surface area contributed by atoms with E-state index in [1.54, 1.807) is 26.0 Å². The minimum Gasteiger partial charge on any atom is -0.326 e. The minimum atomic E-state index is -3.61. The first-order chi connectivity index (χ1) is 14.5. The molecule has 11 heteroatoms. The molecule has 0 spiro atoms. The maximum Gasteiger partial charge on any atom is 0.252 e. The van der Waals surface area contributed by atoms with E-state index in [4.69, 9.17) is 0 Å². The second-order valence-corrected chi connectivity index (χ2v) is 13.0. The molecular weight excluding hydrogens is 458 g/mol. The van der Waals surface area contributed by atoms with Crippen molar-refractivity contribution in [3.05, 3.63) is 41.3 Å². The number of thiophene rings is 1. The molecule has 170 valence electrons. The van der Waals surface area contributed by atoms with Gasteiger partial charge >= 0.3 is 0 Å². The number of sulfonamides is 2. The number of nitrogens with one attached hydrogen (secondary N) is 2. The van der Waals surface area contributed by atoms with Crippen molar-refractivity contribution in [3.63, 3.8) is 0 Å². The highest BCUT2D eigenvalue weighted by Gasteiger charge is 2.34. The lowest BCUT2D eigenvalue weighted by molar-refractivity contribution is -0.120. The smallest absolute Gasteiger partial charge is 0.252 e. The van der Waals surface area contributed by atoms with Crippen LogP contribution >= 0.6 is 11.3 Å². The number of piperidine rings is 1. The average Bonchev–Trinajstić information content (AvgIpc) is 3.15. The number of carbonyl (C=O) groups excluding carboxylic acids is 1. The molecule has 2 N–H and O–H groups in total. The van der Waals surface area contributed by atoms with Gasteiger partial charge in [-0.2, -0.15) is 4.31 Å². The first kappa shape index (κ1) is 23.9. The average molecular weight is 486 g/mol. The van der Waals surface area contributed by atoms with Crippen LogP contribution < -0.4 is 10.0 Å². The molecule has 1 aromatic carbocycles. The number of amides is 1. The van der Waals surface area contributed by atoms with Crippen LogP contribution in [0.5, 0.6) is 0 Å². The number of carbonyl (C=O) groups is 1. The fourth-order valence-corrected chi connectivity index (χ4v) is 7.61. The molecule has 1 unspecified atom stereocenters. The van der Waals surface area contributed by atoms with Crippen LogP contribution in [0, 0.1) is 12.8 Å². The number of anilines is 1. The third-order valence-electron chi connectivity index (χ3n) is 4.89. The van der Waals surface area contributed by atoms with E-state index in [9.17, 15) is 21.6 Å². The molecule has 8 nitrogen and oxygen atoms in total. The fourth-order valence-electron chi connectivity index (χ4n) is 3.39. The Balaban J connectivity index is 1.67. The van der Waals surface area contributed by atoms with Crippen LogP contribution in [0.3, 0.4) is 0 Å². The SMILES string of the molecule is Cc1ccc(S(=O)(=O)N2CCCC(C(=O)Nc3ccc(S(=O)(=O)NC(C)C)cc3)C2)s1. The molecule has 1 aromatic heterocycles. The summed E-state index contributed by atoms with van der Waals surface area (Å²) < 4.78 is 54.3. The predicted molar refractivity (Wildman–Crippen MR) is 121 cm³/mol. The second kappa shape index (κ2) is 9.37. The van der Waals surface area contributed by atoms with Gasteiger partial charge in [0.2, 0.25) is 15.9 Å². The molecule has 2 aromatic rings. The molecule has 0 bridgehead atoms. The molecule has 0 radical (unpaired) electrons. The van der Waals surface area contributed by atoms with E-state index < -0.39 is 26.0 Å². The van der Waals surface area contributed by atoms with Crippen molar-refractivity contribution in [1.29, 1.82) is 0 Å². The summed E-state index contributed by atoms with van der Waals surface area (Å²) in [5.41, 5.74) is 0.461. The van der Waals surface area contributed by atoms with Gasteiger partial charge in [-0.15, -0.1) is 11.3 Å². The Morgan fingerprint density at radius 2 is 1.77 bits per heavy atom. The zero-order valence-corrected chi connectivity index (χ0v) is 20.1. The van der Waals surface area contributed by atoms with Gasteiger partial charge in [-0.25, -0.2) is 21.6 Å². The van der Waals surface area contributed by atoms with E-state index in [2.05, 4.69) is 10.0 Å². The van der Waals surface area contributed by atoms with Gasteiger partial charge in [0.25, 0.3) is 10.0 Å². The molecule has 1 aliphatic rings. The van der Waals surface area contributed by atoms with Gasteiger partial charge in [-0.05, 0) is 70.0 Å². The molecule has 1 aliphatic heterocycles. The van der Waals surface area contributed by atoms with Gasteiger partial charge in [0.1, 0.15) is 4.21 Å². The quantitative estimate of drug-likeness (QED) is 0.626. The number of rotatable bonds is 7. The van der Waals surface area contributed by atoms with Crippen molar-refractivity contribution in [1.82, 2.24) is 9.03 Å². The number of nitrogens with zero attached hydrogens (tertiary/aromatic N) is 1. The van der Waals surface area contributed by atoms with Crippen LogP contribution in [-0.2, 0) is 24.8 Å². The van der Waals surface area contributed by atoms with Crippen LogP contribution in [0.15, 0.2) is 45.5 Å². The molecule has 0 aliphatic carbocycles. The van der Waals surface area contributed by atoms with E-state index in [-0.39, 0.29) is 27.6 Å². The summed E-state index contributed by atoms with van der Waals surface area (Å²) >= 11 is 1.22. The van der Waals surface area contributed by atoms with Gasteiger partial charge < -0.3 is 5.32 Å². The first-order valence-electron chi connectivity index (χ1n) is 9.99. The summed E-state index contributed by atoms with van der Waals surface area (Å²) in [5.74, 6) is -0.756. The highest BCUT2D eigenvalue weighted by Crippen LogP contribution is 2.28. The molecule has 1 fully saturated rings. The van der Waals surface area contributed by atoms with Crippen molar-refractivity contribution in [3.8, 4) is 0 Å². The maximum absolute atomic E-state index is 12.9. The summed E-state index contributed by atoms with van der Waals surface area (Å²) in [7, 11) is -7.22. The van der Waals surface area contributed by atoms with Gasteiger partial charge in [-0.3, -0.25) is 4.79 Å². The third kappa shape index (κ3) is 5.72. The Morgan fingerprint density at radius 1 is 1.10 bits per heavy atom. The van der Waals surface area contributed by atoms with E-state index in [0.717, 1.165) is 4.88 Å². The molecular formula is C20H27N3O5S3. The zero-order chi connectivity index (χ0) is 22.8.